The normalized spacial score (nSPS) is 17.1. The van der Waals surface area contributed by atoms with E-state index < -0.39 is 23.2 Å². The second kappa shape index (κ2) is 5.77. The van der Waals surface area contributed by atoms with Gasteiger partial charge in [0.25, 0.3) is 5.91 Å². The molecule has 1 aliphatic rings. The Bertz CT molecular complexity index is 488. The lowest BCUT2D eigenvalue weighted by atomic mass is 9.83. The fourth-order valence-corrected chi connectivity index (χ4v) is 2.87. The average molecular weight is 282 g/mol. The van der Waals surface area contributed by atoms with Gasteiger partial charge in [0.2, 0.25) is 0 Å². The zero-order valence-electron chi connectivity index (χ0n) is 11.6. The van der Waals surface area contributed by atoms with Crippen molar-refractivity contribution in [3.63, 3.8) is 0 Å². The number of nitrogens with two attached hydrogens (primary N) is 1. The summed E-state index contributed by atoms with van der Waals surface area (Å²) in [5.41, 5.74) is 4.74. The van der Waals surface area contributed by atoms with Gasteiger partial charge in [-0.05, 0) is 36.8 Å². The first-order chi connectivity index (χ1) is 9.47. The average Bonchev–Trinajstić information content (AvgIpc) is 2.91. The van der Waals surface area contributed by atoms with Gasteiger partial charge >= 0.3 is 0 Å². The lowest BCUT2D eigenvalue weighted by molar-refractivity contribution is 0.0928. The second-order valence-electron chi connectivity index (χ2n) is 5.60. The van der Waals surface area contributed by atoms with E-state index in [4.69, 9.17) is 5.73 Å². The molecular formula is C15H20F2N2O. The van der Waals surface area contributed by atoms with Gasteiger partial charge in [-0.1, -0.05) is 19.8 Å². The van der Waals surface area contributed by atoms with E-state index in [0.29, 0.717) is 6.54 Å². The number of carbonyl (C=O) groups is 1. The van der Waals surface area contributed by atoms with Crippen LogP contribution in [0.3, 0.4) is 0 Å². The minimum atomic E-state index is -0.902. The summed E-state index contributed by atoms with van der Waals surface area (Å²) in [7, 11) is 0. The number of nitrogen functional groups attached to an aromatic ring is 1. The first-order valence-electron chi connectivity index (χ1n) is 7.00. The molecule has 5 heteroatoms. The van der Waals surface area contributed by atoms with Crippen LogP contribution in [0, 0.1) is 17.0 Å². The van der Waals surface area contributed by atoms with Crippen LogP contribution >= 0.6 is 0 Å². The quantitative estimate of drug-likeness (QED) is 0.833. The third-order valence-corrected chi connectivity index (χ3v) is 4.38. The fraction of sp³-hybridized carbons (Fsp3) is 0.533. The Labute approximate surface area is 117 Å². The Morgan fingerprint density at radius 3 is 2.35 bits per heavy atom. The van der Waals surface area contributed by atoms with Crippen LogP contribution in [0.2, 0.25) is 0 Å². The van der Waals surface area contributed by atoms with Gasteiger partial charge < -0.3 is 11.1 Å². The lowest BCUT2D eigenvalue weighted by Gasteiger charge is -2.27. The van der Waals surface area contributed by atoms with Gasteiger partial charge in [-0.2, -0.15) is 0 Å². The number of hydrogen-bond donors (Lipinski definition) is 2. The van der Waals surface area contributed by atoms with Crippen LogP contribution in [0.1, 0.15) is 49.4 Å². The van der Waals surface area contributed by atoms with Crippen molar-refractivity contribution >= 4 is 11.6 Å². The van der Waals surface area contributed by atoms with Gasteiger partial charge in [0, 0.05) is 12.1 Å². The summed E-state index contributed by atoms with van der Waals surface area (Å²) in [5, 5.41) is 2.79. The molecule has 0 unspecified atom stereocenters. The van der Waals surface area contributed by atoms with E-state index in [2.05, 4.69) is 12.2 Å². The monoisotopic (exact) mass is 282 g/mol. The summed E-state index contributed by atoms with van der Waals surface area (Å²) >= 11 is 0. The summed E-state index contributed by atoms with van der Waals surface area (Å²) in [6, 6.07) is 1.95. The maximum Gasteiger partial charge on any atom is 0.251 e. The molecule has 1 aromatic carbocycles. The zero-order chi connectivity index (χ0) is 14.8. The fourth-order valence-electron chi connectivity index (χ4n) is 2.87. The van der Waals surface area contributed by atoms with Crippen molar-refractivity contribution in [3.8, 4) is 0 Å². The number of anilines is 1. The van der Waals surface area contributed by atoms with Gasteiger partial charge in [0.1, 0.15) is 17.3 Å². The predicted octanol–water partition coefficient (Wildman–Crippen LogP) is 3.25. The van der Waals surface area contributed by atoms with Crippen LogP contribution in [0.4, 0.5) is 14.5 Å². The molecule has 0 heterocycles. The highest BCUT2D eigenvalue weighted by Gasteiger charge is 2.32. The Balaban J connectivity index is 2.05. The summed E-state index contributed by atoms with van der Waals surface area (Å²) < 4.78 is 26.7. The molecule has 1 saturated carbocycles. The Kier molecular flexibility index (Phi) is 4.26. The van der Waals surface area contributed by atoms with E-state index in [0.717, 1.165) is 31.4 Å². The standard InChI is InChI=1S/C15H20F2N2O/c1-2-15(5-3-4-6-15)9-19-14(20)10-7-11(16)13(18)12(17)8-10/h7-8H,2-6,9,18H2,1H3,(H,19,20). The van der Waals surface area contributed by atoms with Crippen LogP contribution in [0.15, 0.2) is 12.1 Å². The van der Waals surface area contributed by atoms with Gasteiger partial charge in [-0.3, -0.25) is 4.79 Å². The minimum absolute atomic E-state index is 0.0292. The highest BCUT2D eigenvalue weighted by atomic mass is 19.1. The van der Waals surface area contributed by atoms with Gasteiger partial charge in [-0.15, -0.1) is 0 Å². The van der Waals surface area contributed by atoms with Gasteiger partial charge in [0.05, 0.1) is 0 Å². The maximum absolute atomic E-state index is 13.3. The third kappa shape index (κ3) is 2.92. The molecule has 1 aromatic rings. The molecule has 0 saturated heterocycles. The summed E-state index contributed by atoms with van der Waals surface area (Å²) in [4.78, 5) is 12.0. The Morgan fingerprint density at radius 2 is 1.85 bits per heavy atom. The molecule has 1 fully saturated rings. The first kappa shape index (κ1) is 14.8. The number of nitrogens with one attached hydrogen (secondary N) is 1. The number of amides is 1. The molecule has 110 valence electrons. The third-order valence-electron chi connectivity index (χ3n) is 4.38. The van der Waals surface area contributed by atoms with Crippen molar-refractivity contribution in [2.24, 2.45) is 5.41 Å². The number of carbonyl (C=O) groups excluding carboxylic acids is 1. The van der Waals surface area contributed by atoms with E-state index in [1.54, 1.807) is 0 Å². The van der Waals surface area contributed by atoms with Gasteiger partial charge in [-0.25, -0.2) is 8.78 Å². The second-order valence-corrected chi connectivity index (χ2v) is 5.60. The van der Waals surface area contributed by atoms with Crippen LogP contribution in [0.25, 0.3) is 0 Å². The molecule has 0 atom stereocenters. The highest BCUT2D eigenvalue weighted by Crippen LogP contribution is 2.40. The van der Waals surface area contributed by atoms with E-state index in [9.17, 15) is 13.6 Å². The Morgan fingerprint density at radius 1 is 1.30 bits per heavy atom. The van der Waals surface area contributed by atoms with Crippen LogP contribution in [-0.2, 0) is 0 Å². The van der Waals surface area contributed by atoms with E-state index in [-0.39, 0.29) is 11.0 Å². The molecule has 0 aromatic heterocycles. The largest absolute Gasteiger partial charge is 0.394 e. The number of halogens is 2. The van der Waals surface area contributed by atoms with Crippen molar-refractivity contribution in [1.82, 2.24) is 5.32 Å². The summed E-state index contributed by atoms with van der Waals surface area (Å²) in [6.45, 7) is 2.66. The molecule has 0 bridgehead atoms. The van der Waals surface area contributed by atoms with Gasteiger partial charge in [0.15, 0.2) is 0 Å². The van der Waals surface area contributed by atoms with Crippen molar-refractivity contribution < 1.29 is 13.6 Å². The van der Waals surface area contributed by atoms with Crippen molar-refractivity contribution in [2.75, 3.05) is 12.3 Å². The summed E-state index contributed by atoms with van der Waals surface area (Å²) in [5.74, 6) is -2.26. The molecular weight excluding hydrogens is 262 g/mol. The molecule has 3 nitrogen and oxygen atoms in total. The number of benzene rings is 1. The highest BCUT2D eigenvalue weighted by molar-refractivity contribution is 5.94. The predicted molar refractivity (Wildman–Crippen MR) is 74.3 cm³/mol. The Hall–Kier alpha value is -1.65. The van der Waals surface area contributed by atoms with Crippen molar-refractivity contribution in [1.29, 1.82) is 0 Å². The number of rotatable bonds is 4. The molecule has 0 aliphatic heterocycles. The molecule has 1 amide bonds. The number of hydrogen-bond acceptors (Lipinski definition) is 2. The molecule has 2 rings (SSSR count). The molecule has 1 aliphatic carbocycles. The molecule has 3 N–H and O–H groups in total. The van der Waals surface area contributed by atoms with Crippen molar-refractivity contribution in [3.05, 3.63) is 29.3 Å². The van der Waals surface area contributed by atoms with Crippen LogP contribution < -0.4 is 11.1 Å². The van der Waals surface area contributed by atoms with Crippen molar-refractivity contribution in [2.45, 2.75) is 39.0 Å². The zero-order valence-corrected chi connectivity index (χ0v) is 11.6. The molecule has 20 heavy (non-hydrogen) atoms. The molecule has 0 spiro atoms. The topological polar surface area (TPSA) is 55.1 Å². The smallest absolute Gasteiger partial charge is 0.251 e. The first-order valence-corrected chi connectivity index (χ1v) is 7.00. The lowest BCUT2D eigenvalue weighted by Crippen LogP contribution is -2.35. The summed E-state index contributed by atoms with van der Waals surface area (Å²) in [6.07, 6.45) is 5.53. The van der Waals surface area contributed by atoms with E-state index >= 15 is 0 Å². The minimum Gasteiger partial charge on any atom is -0.394 e. The van der Waals surface area contributed by atoms with E-state index in [1.165, 1.54) is 12.8 Å². The van der Waals surface area contributed by atoms with Crippen LogP contribution in [0.5, 0.6) is 0 Å². The SMILES string of the molecule is CCC1(CNC(=O)c2cc(F)c(N)c(F)c2)CCCC1. The van der Waals surface area contributed by atoms with Crippen LogP contribution in [-0.4, -0.2) is 12.5 Å². The molecule has 0 radical (unpaired) electrons. The maximum atomic E-state index is 13.3. The van der Waals surface area contributed by atoms with E-state index in [1.807, 2.05) is 0 Å².